The molecule has 0 bridgehead atoms. The zero-order valence-corrected chi connectivity index (χ0v) is 16.9. The van der Waals surface area contributed by atoms with Crippen molar-refractivity contribution in [2.24, 2.45) is 0 Å². The molecule has 144 valence electrons. The van der Waals surface area contributed by atoms with E-state index in [-0.39, 0.29) is 5.60 Å². The third-order valence-electron chi connectivity index (χ3n) is 5.39. The minimum atomic E-state index is -0.158. The van der Waals surface area contributed by atoms with Crippen LogP contribution in [0.25, 0.3) is 15.9 Å². The number of nitrogens with zero attached hydrogens (tertiary/aromatic N) is 4. The van der Waals surface area contributed by atoms with Crippen molar-refractivity contribution in [3.63, 3.8) is 0 Å². The van der Waals surface area contributed by atoms with Gasteiger partial charge < -0.3 is 14.8 Å². The van der Waals surface area contributed by atoms with E-state index in [0.717, 1.165) is 59.9 Å². The molecule has 27 heavy (non-hydrogen) atoms. The molecule has 0 saturated carbocycles. The quantitative estimate of drug-likeness (QED) is 0.742. The maximum absolute atomic E-state index is 5.99. The van der Waals surface area contributed by atoms with Crippen molar-refractivity contribution in [1.82, 2.24) is 24.9 Å². The van der Waals surface area contributed by atoms with E-state index in [0.29, 0.717) is 19.3 Å². The average molecular weight is 388 g/mol. The van der Waals surface area contributed by atoms with Crippen molar-refractivity contribution in [2.45, 2.75) is 64.9 Å². The first-order chi connectivity index (χ1) is 13.0. The molecule has 0 aromatic carbocycles. The Kier molecular flexibility index (Phi) is 4.19. The second-order valence-electron chi connectivity index (χ2n) is 8.10. The second-order valence-corrected chi connectivity index (χ2v) is 9.18. The summed E-state index contributed by atoms with van der Waals surface area (Å²) in [7, 11) is 0. The molecule has 0 radical (unpaired) electrons. The molecule has 2 aliphatic heterocycles. The van der Waals surface area contributed by atoms with Gasteiger partial charge in [0.15, 0.2) is 11.5 Å². The number of fused-ring (bicyclic) bond motifs is 5. The van der Waals surface area contributed by atoms with Gasteiger partial charge in [-0.3, -0.25) is 0 Å². The molecule has 3 aromatic heterocycles. The summed E-state index contributed by atoms with van der Waals surface area (Å²) in [6.45, 7) is 9.30. The number of aryl methyl sites for hydroxylation is 1. The number of aromatic nitrogens is 4. The standard InChI is InChI=1S/C19H25N5O2S/c1-11-21-18-16(13-7-19(2,3)26-10-14(13)27-18)17-22-15(23-24(11)17)9-20-8-12-5-4-6-25-12/h12,20H,4-10H2,1-3H3/t12-/m0/s1. The van der Waals surface area contributed by atoms with Gasteiger partial charge in [0.2, 0.25) is 0 Å². The molecule has 1 fully saturated rings. The van der Waals surface area contributed by atoms with Crippen LogP contribution in [-0.4, -0.2) is 44.4 Å². The van der Waals surface area contributed by atoms with E-state index >= 15 is 0 Å². The zero-order valence-electron chi connectivity index (χ0n) is 16.0. The van der Waals surface area contributed by atoms with Gasteiger partial charge in [-0.15, -0.1) is 16.4 Å². The van der Waals surface area contributed by atoms with Gasteiger partial charge in [0.25, 0.3) is 0 Å². The van der Waals surface area contributed by atoms with Crippen LogP contribution >= 0.6 is 11.3 Å². The van der Waals surface area contributed by atoms with Crippen molar-refractivity contribution >= 4 is 27.2 Å². The Morgan fingerprint density at radius 3 is 3.04 bits per heavy atom. The molecule has 0 amide bonds. The molecule has 0 unspecified atom stereocenters. The Bertz CT molecular complexity index is 1000. The molecule has 1 N–H and O–H groups in total. The summed E-state index contributed by atoms with van der Waals surface area (Å²) in [6, 6.07) is 0. The number of thiophene rings is 1. The van der Waals surface area contributed by atoms with Crippen molar-refractivity contribution in [1.29, 1.82) is 0 Å². The zero-order chi connectivity index (χ0) is 18.6. The SMILES string of the molecule is Cc1nc2sc3c(c2c2nc(CNC[C@@H]4CCCO4)nn12)CC(C)(C)OC3. The molecule has 1 saturated heterocycles. The first-order valence-electron chi connectivity index (χ1n) is 9.63. The van der Waals surface area contributed by atoms with Crippen molar-refractivity contribution in [3.05, 3.63) is 22.1 Å². The smallest absolute Gasteiger partial charge is 0.168 e. The van der Waals surface area contributed by atoms with E-state index < -0.39 is 0 Å². The fourth-order valence-electron chi connectivity index (χ4n) is 4.01. The summed E-state index contributed by atoms with van der Waals surface area (Å²) in [6.07, 6.45) is 3.49. The van der Waals surface area contributed by atoms with Gasteiger partial charge in [-0.25, -0.2) is 9.97 Å². The number of hydrogen-bond acceptors (Lipinski definition) is 7. The van der Waals surface area contributed by atoms with E-state index in [2.05, 4.69) is 19.2 Å². The molecule has 0 spiro atoms. The molecular formula is C19H25N5O2S. The summed E-state index contributed by atoms with van der Waals surface area (Å²) in [4.78, 5) is 12.0. The molecule has 8 heteroatoms. The minimum absolute atomic E-state index is 0.158. The third-order valence-corrected chi connectivity index (χ3v) is 6.49. The van der Waals surface area contributed by atoms with Crippen LogP contribution in [0.15, 0.2) is 0 Å². The predicted octanol–water partition coefficient (Wildman–Crippen LogP) is 2.77. The van der Waals surface area contributed by atoms with Crippen LogP contribution in [0.3, 0.4) is 0 Å². The van der Waals surface area contributed by atoms with Gasteiger partial charge in [0.1, 0.15) is 10.7 Å². The largest absolute Gasteiger partial charge is 0.377 e. The second kappa shape index (κ2) is 6.48. The molecule has 5 heterocycles. The average Bonchev–Trinajstić information content (AvgIpc) is 3.32. The highest BCUT2D eigenvalue weighted by Crippen LogP contribution is 2.39. The molecule has 2 aliphatic rings. The first kappa shape index (κ1) is 17.5. The van der Waals surface area contributed by atoms with Gasteiger partial charge >= 0.3 is 0 Å². The van der Waals surface area contributed by atoms with Crippen molar-refractivity contribution in [3.8, 4) is 0 Å². The lowest BCUT2D eigenvalue weighted by Gasteiger charge is -2.30. The van der Waals surface area contributed by atoms with Gasteiger partial charge in [0, 0.05) is 24.4 Å². The number of hydrogen-bond donors (Lipinski definition) is 1. The maximum Gasteiger partial charge on any atom is 0.168 e. The summed E-state index contributed by atoms with van der Waals surface area (Å²) >= 11 is 1.72. The molecule has 5 rings (SSSR count). The summed E-state index contributed by atoms with van der Waals surface area (Å²) in [5.41, 5.74) is 2.09. The Balaban J connectivity index is 1.50. The van der Waals surface area contributed by atoms with Crippen LogP contribution in [0.1, 0.15) is 48.8 Å². The lowest BCUT2D eigenvalue weighted by Crippen LogP contribution is -2.31. The highest BCUT2D eigenvalue weighted by atomic mass is 32.1. The van der Waals surface area contributed by atoms with Gasteiger partial charge in [-0.2, -0.15) is 4.52 Å². The van der Waals surface area contributed by atoms with Crippen LogP contribution in [0.4, 0.5) is 0 Å². The maximum atomic E-state index is 5.99. The normalized spacial score (nSPS) is 22.0. The van der Waals surface area contributed by atoms with E-state index in [9.17, 15) is 0 Å². The number of nitrogens with one attached hydrogen (secondary N) is 1. The molecule has 3 aromatic rings. The fourth-order valence-corrected chi connectivity index (χ4v) is 5.15. The highest BCUT2D eigenvalue weighted by molar-refractivity contribution is 7.19. The molecular weight excluding hydrogens is 362 g/mol. The molecule has 7 nitrogen and oxygen atoms in total. The van der Waals surface area contributed by atoms with Crippen LogP contribution in [0.5, 0.6) is 0 Å². The molecule has 1 atom stereocenters. The lowest BCUT2D eigenvalue weighted by atomic mass is 9.94. The fraction of sp³-hybridized carbons (Fsp3) is 0.632. The van der Waals surface area contributed by atoms with Crippen molar-refractivity contribution < 1.29 is 9.47 Å². The van der Waals surface area contributed by atoms with Gasteiger partial charge in [-0.05, 0) is 39.2 Å². The number of ether oxygens (including phenoxy) is 2. The summed E-state index contributed by atoms with van der Waals surface area (Å²) < 4.78 is 13.5. The third kappa shape index (κ3) is 3.14. The van der Waals surface area contributed by atoms with E-state index in [1.54, 1.807) is 11.3 Å². The Morgan fingerprint density at radius 2 is 2.22 bits per heavy atom. The van der Waals surface area contributed by atoms with E-state index in [1.165, 1.54) is 10.4 Å². The van der Waals surface area contributed by atoms with E-state index in [1.807, 2.05) is 11.4 Å². The van der Waals surface area contributed by atoms with Gasteiger partial charge in [-0.1, -0.05) is 0 Å². The minimum Gasteiger partial charge on any atom is -0.377 e. The van der Waals surface area contributed by atoms with Gasteiger partial charge in [0.05, 0.1) is 30.2 Å². The van der Waals surface area contributed by atoms with Crippen molar-refractivity contribution in [2.75, 3.05) is 13.2 Å². The van der Waals surface area contributed by atoms with Crippen LogP contribution in [-0.2, 0) is 29.0 Å². The number of rotatable bonds is 4. The van der Waals surface area contributed by atoms with Crippen LogP contribution in [0.2, 0.25) is 0 Å². The lowest BCUT2D eigenvalue weighted by molar-refractivity contribution is -0.0379. The summed E-state index contributed by atoms with van der Waals surface area (Å²) in [5.74, 6) is 1.67. The Morgan fingerprint density at radius 1 is 1.33 bits per heavy atom. The summed E-state index contributed by atoms with van der Waals surface area (Å²) in [5, 5.41) is 9.29. The van der Waals surface area contributed by atoms with Crippen LogP contribution in [0, 0.1) is 6.92 Å². The Labute approximate surface area is 162 Å². The topological polar surface area (TPSA) is 73.6 Å². The van der Waals surface area contributed by atoms with E-state index in [4.69, 9.17) is 24.5 Å². The molecule has 0 aliphatic carbocycles. The Hall–Kier alpha value is -1.61. The van der Waals surface area contributed by atoms with Crippen LogP contribution < -0.4 is 5.32 Å². The highest BCUT2D eigenvalue weighted by Gasteiger charge is 2.31. The first-order valence-corrected chi connectivity index (χ1v) is 10.4. The predicted molar refractivity (Wildman–Crippen MR) is 104 cm³/mol. The monoisotopic (exact) mass is 387 g/mol.